The van der Waals surface area contributed by atoms with Gasteiger partial charge in [-0.25, -0.2) is 0 Å². The van der Waals surface area contributed by atoms with Crippen LogP contribution in [-0.2, 0) is 26.5 Å². The second-order valence-corrected chi connectivity index (χ2v) is 14.8. The molecular weight excluding hydrogens is 809 g/mol. The van der Waals surface area contributed by atoms with Crippen molar-refractivity contribution in [3.63, 3.8) is 0 Å². The van der Waals surface area contributed by atoms with Gasteiger partial charge in [0.05, 0.1) is 5.58 Å². The van der Waals surface area contributed by atoms with Crippen LogP contribution in [0.1, 0.15) is 50.6 Å². The summed E-state index contributed by atoms with van der Waals surface area (Å²) >= 11 is 1.80. The molecule has 253 valence electrons. The summed E-state index contributed by atoms with van der Waals surface area (Å²) in [6.45, 7) is 14.3. The molecule has 0 amide bonds. The Labute approximate surface area is 315 Å². The molecule has 0 saturated heterocycles. The largest absolute Gasteiger partial charge is 0.500 e. The summed E-state index contributed by atoms with van der Waals surface area (Å²) in [4.78, 5) is 10.4. The number of rotatable bonds is 4. The van der Waals surface area contributed by atoms with E-state index in [9.17, 15) is 0 Å². The van der Waals surface area contributed by atoms with Crippen molar-refractivity contribution in [1.82, 2.24) is 9.97 Å². The van der Waals surface area contributed by atoms with E-state index in [2.05, 4.69) is 75.1 Å². The molecule has 0 aliphatic heterocycles. The number of nitrogens with zero attached hydrogens (tertiary/aromatic N) is 2. The topological polar surface area (TPSA) is 38.9 Å². The molecule has 0 bridgehead atoms. The maximum Gasteiger partial charge on any atom is 0.129 e. The summed E-state index contributed by atoms with van der Waals surface area (Å²) in [5, 5.41) is 3.30. The van der Waals surface area contributed by atoms with E-state index in [0.717, 1.165) is 66.7 Å². The number of hydrogen-bond acceptors (Lipinski definition) is 4. The fourth-order valence-corrected chi connectivity index (χ4v) is 7.52. The van der Waals surface area contributed by atoms with Gasteiger partial charge in [-0.2, -0.15) is 0 Å². The first-order valence-corrected chi connectivity index (χ1v) is 17.4. The zero-order valence-electron chi connectivity index (χ0n) is 31.4. The maximum absolute atomic E-state index is 9.13. The standard InChI is InChI=1S/C34H32NOS.C11H8N.Ir/c1-19-10-8-11-20(2)30(19)27-16-28(35-18-23(27)17-34(5,6)7)26-13-9-12-24-25-14-15-29-31(21(3)22(4)37-29)33(25)36-32(24)26;1-2-6-10(7-3-1)11-8-4-5-9-12-11;/h8-12,14-16,18H,17H2,1-7H3;1-6,8-9H;/q2*-1;/i17D2;;. The van der Waals surface area contributed by atoms with Crippen LogP contribution in [0.3, 0.4) is 0 Å². The third-order valence-electron chi connectivity index (χ3n) is 8.80. The van der Waals surface area contributed by atoms with E-state index in [-0.39, 0.29) is 20.1 Å². The van der Waals surface area contributed by atoms with E-state index in [4.69, 9.17) is 12.1 Å². The van der Waals surface area contributed by atoms with Crippen molar-refractivity contribution in [2.75, 3.05) is 0 Å². The summed E-state index contributed by atoms with van der Waals surface area (Å²) in [6, 6.07) is 36.8. The molecule has 0 spiro atoms. The van der Waals surface area contributed by atoms with Crippen molar-refractivity contribution in [1.29, 1.82) is 0 Å². The minimum atomic E-state index is -1.60. The fraction of sp³-hybridized carbons (Fsp3) is 0.200. The van der Waals surface area contributed by atoms with Gasteiger partial charge in [0.1, 0.15) is 5.58 Å². The van der Waals surface area contributed by atoms with Crippen molar-refractivity contribution < 1.29 is 27.3 Å². The normalized spacial score (nSPS) is 12.3. The molecule has 3 nitrogen and oxygen atoms in total. The Bertz CT molecular complexity index is 2480. The predicted octanol–water partition coefficient (Wildman–Crippen LogP) is 12.7. The number of fused-ring (bicyclic) bond motifs is 5. The van der Waals surface area contributed by atoms with E-state index in [1.54, 1.807) is 23.7 Å². The minimum absolute atomic E-state index is 0. The monoisotopic (exact) mass is 851 g/mol. The molecule has 1 radical (unpaired) electrons. The smallest absolute Gasteiger partial charge is 0.129 e. The Balaban J connectivity index is 0.000000302. The van der Waals surface area contributed by atoms with Gasteiger partial charge in [-0.15, -0.1) is 65.4 Å². The molecule has 50 heavy (non-hydrogen) atoms. The Morgan fingerprint density at radius 1 is 0.780 bits per heavy atom. The molecule has 4 aromatic heterocycles. The molecule has 4 aromatic carbocycles. The third-order valence-corrected chi connectivity index (χ3v) is 9.97. The summed E-state index contributed by atoms with van der Waals surface area (Å²) in [5.74, 6) is 0. The van der Waals surface area contributed by atoms with Crippen molar-refractivity contribution >= 4 is 43.4 Å². The number of thiophene rings is 1. The van der Waals surface area contributed by atoms with Crippen LogP contribution in [0, 0.1) is 45.2 Å². The van der Waals surface area contributed by atoms with Crippen LogP contribution >= 0.6 is 11.3 Å². The van der Waals surface area contributed by atoms with Crippen molar-refractivity contribution in [2.24, 2.45) is 5.41 Å². The second kappa shape index (κ2) is 14.4. The quantitative estimate of drug-likeness (QED) is 0.166. The van der Waals surface area contributed by atoms with Crippen LogP contribution in [0.15, 0.2) is 108 Å². The Kier molecular flexibility index (Phi) is 9.47. The minimum Gasteiger partial charge on any atom is -0.500 e. The first-order valence-electron chi connectivity index (χ1n) is 17.6. The number of furan rings is 1. The van der Waals surface area contributed by atoms with Gasteiger partial charge in [0.15, 0.2) is 0 Å². The zero-order valence-corrected chi connectivity index (χ0v) is 32.6. The Morgan fingerprint density at radius 3 is 2.24 bits per heavy atom. The van der Waals surface area contributed by atoms with Crippen LogP contribution in [0.4, 0.5) is 0 Å². The number of aryl methyl sites for hydroxylation is 4. The fourth-order valence-electron chi connectivity index (χ4n) is 6.45. The van der Waals surface area contributed by atoms with Gasteiger partial charge in [0, 0.05) is 55.6 Å². The average Bonchev–Trinajstić information content (AvgIpc) is 3.64. The van der Waals surface area contributed by atoms with Crippen LogP contribution in [0.5, 0.6) is 0 Å². The summed E-state index contributed by atoms with van der Waals surface area (Å²) in [6.07, 6.45) is 1.91. The molecule has 0 atom stereocenters. The molecule has 0 aliphatic carbocycles. The maximum atomic E-state index is 9.13. The molecule has 0 aliphatic rings. The molecule has 8 rings (SSSR count). The van der Waals surface area contributed by atoms with Crippen LogP contribution in [-0.4, -0.2) is 9.97 Å². The average molecular weight is 851 g/mol. The molecule has 0 saturated carbocycles. The van der Waals surface area contributed by atoms with E-state index in [1.165, 1.54) is 20.5 Å². The Hall–Kier alpha value is -4.41. The molecule has 0 fully saturated rings. The summed E-state index contributed by atoms with van der Waals surface area (Å²) < 4.78 is 26.1. The Morgan fingerprint density at radius 2 is 1.54 bits per heavy atom. The van der Waals surface area contributed by atoms with E-state index < -0.39 is 11.8 Å². The first-order chi connectivity index (χ1) is 24.4. The zero-order chi connectivity index (χ0) is 36.1. The van der Waals surface area contributed by atoms with Crippen molar-refractivity contribution in [2.45, 2.75) is 54.8 Å². The molecule has 8 aromatic rings. The van der Waals surface area contributed by atoms with Gasteiger partial charge in [-0.05, 0) is 96.4 Å². The van der Waals surface area contributed by atoms with Gasteiger partial charge in [-0.1, -0.05) is 74.2 Å². The number of benzene rings is 4. The van der Waals surface area contributed by atoms with Gasteiger partial charge >= 0.3 is 0 Å². The molecule has 4 heterocycles. The number of pyridine rings is 2. The van der Waals surface area contributed by atoms with Crippen LogP contribution in [0.25, 0.3) is 65.7 Å². The third kappa shape index (κ3) is 6.96. The SMILES string of the molecule is [2H]C([2H])(c1cnc(-c2[c-]ccc3c2oc2c3ccc3sc(C)c(C)c32)cc1-c1c(C)cccc1C)C(C)(C)C.[Ir].[c-]1ccccc1-c1ccccn1. The summed E-state index contributed by atoms with van der Waals surface area (Å²) in [7, 11) is 0. The second-order valence-electron chi connectivity index (χ2n) is 13.5. The van der Waals surface area contributed by atoms with Gasteiger partial charge in [-0.3, -0.25) is 0 Å². The van der Waals surface area contributed by atoms with Gasteiger partial charge in [0.2, 0.25) is 0 Å². The summed E-state index contributed by atoms with van der Waals surface area (Å²) in [5.41, 5.74) is 10.5. The van der Waals surface area contributed by atoms with Gasteiger partial charge in [0.25, 0.3) is 0 Å². The van der Waals surface area contributed by atoms with Gasteiger partial charge < -0.3 is 14.4 Å². The van der Waals surface area contributed by atoms with Crippen molar-refractivity contribution in [3.8, 4) is 33.6 Å². The van der Waals surface area contributed by atoms with Crippen LogP contribution in [0.2, 0.25) is 0 Å². The molecule has 0 N–H and O–H groups in total. The number of aromatic nitrogens is 2. The van der Waals surface area contributed by atoms with E-state index in [0.29, 0.717) is 5.56 Å². The molecule has 0 unspecified atom stereocenters. The molecule has 5 heteroatoms. The van der Waals surface area contributed by atoms with E-state index >= 15 is 0 Å². The van der Waals surface area contributed by atoms with Crippen molar-refractivity contribution in [3.05, 3.63) is 143 Å². The van der Waals surface area contributed by atoms with Crippen LogP contribution < -0.4 is 0 Å². The molecular formula is C45H40IrN2OS-2. The first kappa shape index (κ1) is 32.8. The predicted molar refractivity (Wildman–Crippen MR) is 207 cm³/mol. The van der Waals surface area contributed by atoms with E-state index in [1.807, 2.05) is 81.4 Å². The number of hydrogen-bond donors (Lipinski definition) is 0.